The maximum absolute atomic E-state index is 12.2. The number of amides is 1. The van der Waals surface area contributed by atoms with Crippen LogP contribution in [0.4, 0.5) is 0 Å². The Morgan fingerprint density at radius 3 is 2.33 bits per heavy atom. The maximum Gasteiger partial charge on any atom is 0.251 e. The van der Waals surface area contributed by atoms with Crippen molar-refractivity contribution in [1.82, 2.24) is 5.32 Å². The molecule has 0 saturated carbocycles. The first kappa shape index (κ1) is 15.3. The smallest absolute Gasteiger partial charge is 0.251 e. The van der Waals surface area contributed by atoms with E-state index in [1.807, 2.05) is 39.0 Å². The minimum atomic E-state index is -1.23. The molecule has 1 amide bonds. The van der Waals surface area contributed by atoms with Crippen molar-refractivity contribution in [2.75, 3.05) is 6.54 Å². The first-order chi connectivity index (χ1) is 9.78. The Kier molecular flexibility index (Phi) is 4.19. The molecule has 1 unspecified atom stereocenters. The average Bonchev–Trinajstić information content (AvgIpc) is 2.82. The van der Waals surface area contributed by atoms with E-state index >= 15 is 0 Å². The first-order valence-corrected chi connectivity index (χ1v) is 6.94. The van der Waals surface area contributed by atoms with Gasteiger partial charge in [-0.1, -0.05) is 17.2 Å². The van der Waals surface area contributed by atoms with Crippen LogP contribution in [-0.2, 0) is 5.60 Å². The van der Waals surface area contributed by atoms with Crippen molar-refractivity contribution in [2.45, 2.75) is 33.3 Å². The molecule has 0 aliphatic rings. The van der Waals surface area contributed by atoms with Gasteiger partial charge in [-0.25, -0.2) is 0 Å². The highest BCUT2D eigenvalue weighted by atomic mass is 16.4. The van der Waals surface area contributed by atoms with Crippen molar-refractivity contribution in [3.63, 3.8) is 0 Å². The lowest BCUT2D eigenvalue weighted by Crippen LogP contribution is -2.38. The third-order valence-electron chi connectivity index (χ3n) is 3.35. The molecule has 1 aromatic carbocycles. The highest BCUT2D eigenvalue weighted by Crippen LogP contribution is 2.22. The summed E-state index contributed by atoms with van der Waals surface area (Å²) in [6.45, 7) is 7.42. The standard InChI is InChI=1S/C17H21NO3/c1-11-7-12(2)9-14(8-11)16(19)18-10-17(4,20)15-6-5-13(3)21-15/h5-9,20H,10H2,1-4H3,(H,18,19). The molecule has 0 spiro atoms. The van der Waals surface area contributed by atoms with E-state index in [4.69, 9.17) is 4.42 Å². The largest absolute Gasteiger partial charge is 0.463 e. The van der Waals surface area contributed by atoms with Gasteiger partial charge in [-0.2, -0.15) is 0 Å². The van der Waals surface area contributed by atoms with E-state index in [0.717, 1.165) is 16.9 Å². The van der Waals surface area contributed by atoms with Crippen LogP contribution in [0.1, 0.15) is 39.9 Å². The number of carbonyl (C=O) groups is 1. The summed E-state index contributed by atoms with van der Waals surface area (Å²) in [5, 5.41) is 13.1. The molecule has 4 heteroatoms. The number of carbonyl (C=O) groups excluding carboxylic acids is 1. The predicted octanol–water partition coefficient (Wildman–Crippen LogP) is 2.84. The summed E-state index contributed by atoms with van der Waals surface area (Å²) in [7, 11) is 0. The number of nitrogens with one attached hydrogen (secondary N) is 1. The average molecular weight is 287 g/mol. The second kappa shape index (κ2) is 5.74. The van der Waals surface area contributed by atoms with E-state index in [9.17, 15) is 9.90 Å². The van der Waals surface area contributed by atoms with E-state index in [1.165, 1.54) is 0 Å². The van der Waals surface area contributed by atoms with Crippen LogP contribution in [0, 0.1) is 20.8 Å². The zero-order valence-electron chi connectivity index (χ0n) is 12.9. The molecular formula is C17H21NO3. The predicted molar refractivity (Wildman–Crippen MR) is 81.3 cm³/mol. The number of aliphatic hydroxyl groups is 1. The van der Waals surface area contributed by atoms with Gasteiger partial charge in [0.25, 0.3) is 5.91 Å². The highest BCUT2D eigenvalue weighted by molar-refractivity contribution is 5.94. The van der Waals surface area contributed by atoms with Crippen LogP contribution in [0.2, 0.25) is 0 Å². The Hall–Kier alpha value is -2.07. The second-order valence-corrected chi connectivity index (χ2v) is 5.74. The summed E-state index contributed by atoms with van der Waals surface area (Å²) < 4.78 is 5.42. The molecule has 112 valence electrons. The van der Waals surface area contributed by atoms with Crippen molar-refractivity contribution >= 4 is 5.91 Å². The molecule has 0 saturated heterocycles. The Morgan fingerprint density at radius 1 is 1.19 bits per heavy atom. The molecule has 4 nitrogen and oxygen atoms in total. The molecule has 0 aliphatic carbocycles. The molecule has 0 radical (unpaired) electrons. The molecule has 2 N–H and O–H groups in total. The highest BCUT2D eigenvalue weighted by Gasteiger charge is 2.27. The van der Waals surface area contributed by atoms with Crippen molar-refractivity contribution < 1.29 is 14.3 Å². The first-order valence-electron chi connectivity index (χ1n) is 6.94. The number of rotatable bonds is 4. The molecule has 0 aliphatic heterocycles. The van der Waals surface area contributed by atoms with Crippen LogP contribution < -0.4 is 5.32 Å². The third-order valence-corrected chi connectivity index (χ3v) is 3.35. The van der Waals surface area contributed by atoms with E-state index < -0.39 is 5.60 Å². The lowest BCUT2D eigenvalue weighted by molar-refractivity contribution is 0.0323. The van der Waals surface area contributed by atoms with Crippen LogP contribution in [-0.4, -0.2) is 17.6 Å². The zero-order valence-corrected chi connectivity index (χ0v) is 12.9. The van der Waals surface area contributed by atoms with Gasteiger partial charge in [0.05, 0.1) is 6.54 Å². The monoisotopic (exact) mass is 287 g/mol. The molecule has 1 atom stereocenters. The zero-order chi connectivity index (χ0) is 15.6. The van der Waals surface area contributed by atoms with Gasteiger partial charge in [0, 0.05) is 5.56 Å². The van der Waals surface area contributed by atoms with Crippen LogP contribution in [0.25, 0.3) is 0 Å². The van der Waals surface area contributed by atoms with Crippen LogP contribution in [0.15, 0.2) is 34.7 Å². The second-order valence-electron chi connectivity index (χ2n) is 5.74. The minimum Gasteiger partial charge on any atom is -0.463 e. The summed E-state index contributed by atoms with van der Waals surface area (Å²) in [4.78, 5) is 12.2. The Morgan fingerprint density at radius 2 is 1.81 bits per heavy atom. The Bertz CT molecular complexity index is 636. The van der Waals surface area contributed by atoms with Crippen LogP contribution in [0.5, 0.6) is 0 Å². The third kappa shape index (κ3) is 3.73. The van der Waals surface area contributed by atoms with Crippen LogP contribution in [0.3, 0.4) is 0 Å². The summed E-state index contributed by atoms with van der Waals surface area (Å²) in [5.74, 6) is 0.969. The summed E-state index contributed by atoms with van der Waals surface area (Å²) >= 11 is 0. The molecule has 0 fully saturated rings. The summed E-state index contributed by atoms with van der Waals surface area (Å²) in [6.07, 6.45) is 0. The van der Waals surface area contributed by atoms with E-state index in [2.05, 4.69) is 5.32 Å². The van der Waals surface area contributed by atoms with E-state index in [1.54, 1.807) is 19.1 Å². The number of hydrogen-bond donors (Lipinski definition) is 2. The quantitative estimate of drug-likeness (QED) is 0.909. The maximum atomic E-state index is 12.2. The lowest BCUT2D eigenvalue weighted by atomic mass is 10.0. The fraction of sp³-hybridized carbons (Fsp3) is 0.353. The van der Waals surface area contributed by atoms with Crippen molar-refractivity contribution in [1.29, 1.82) is 0 Å². The van der Waals surface area contributed by atoms with Gasteiger partial charge in [0.15, 0.2) is 0 Å². The molecule has 21 heavy (non-hydrogen) atoms. The topological polar surface area (TPSA) is 62.5 Å². The fourth-order valence-corrected chi connectivity index (χ4v) is 2.27. The SMILES string of the molecule is Cc1cc(C)cc(C(=O)NCC(C)(O)c2ccc(C)o2)c1. The fourth-order valence-electron chi connectivity index (χ4n) is 2.27. The Labute approximate surface area is 124 Å². The van der Waals surface area contributed by atoms with Crippen molar-refractivity contribution in [3.8, 4) is 0 Å². The molecule has 2 rings (SSSR count). The van der Waals surface area contributed by atoms with Gasteiger partial charge in [-0.05, 0) is 52.0 Å². The number of benzene rings is 1. The molecule has 2 aromatic rings. The lowest BCUT2D eigenvalue weighted by Gasteiger charge is -2.21. The van der Waals surface area contributed by atoms with Gasteiger partial charge < -0.3 is 14.8 Å². The van der Waals surface area contributed by atoms with Gasteiger partial charge in [0.1, 0.15) is 17.1 Å². The molecule has 1 aromatic heterocycles. The summed E-state index contributed by atoms with van der Waals surface area (Å²) in [5.41, 5.74) is 1.43. The van der Waals surface area contributed by atoms with E-state index in [0.29, 0.717) is 11.3 Å². The molecule has 1 heterocycles. The van der Waals surface area contributed by atoms with Crippen molar-refractivity contribution in [3.05, 3.63) is 58.5 Å². The minimum absolute atomic E-state index is 0.0891. The van der Waals surface area contributed by atoms with Crippen molar-refractivity contribution in [2.24, 2.45) is 0 Å². The van der Waals surface area contributed by atoms with Gasteiger partial charge >= 0.3 is 0 Å². The number of aryl methyl sites for hydroxylation is 3. The normalized spacial score (nSPS) is 13.8. The molecule has 0 bridgehead atoms. The number of furan rings is 1. The molecular weight excluding hydrogens is 266 g/mol. The van der Waals surface area contributed by atoms with Crippen LogP contribution >= 0.6 is 0 Å². The van der Waals surface area contributed by atoms with Gasteiger partial charge in [-0.15, -0.1) is 0 Å². The Balaban J connectivity index is 2.06. The van der Waals surface area contributed by atoms with Gasteiger partial charge in [-0.3, -0.25) is 4.79 Å². The van der Waals surface area contributed by atoms with E-state index in [-0.39, 0.29) is 12.5 Å². The summed E-state index contributed by atoms with van der Waals surface area (Å²) in [6, 6.07) is 9.18. The van der Waals surface area contributed by atoms with Gasteiger partial charge in [0.2, 0.25) is 0 Å². The number of hydrogen-bond acceptors (Lipinski definition) is 3.